The van der Waals surface area contributed by atoms with Gasteiger partial charge in [-0.05, 0) is 31.9 Å². The molecule has 0 aliphatic carbocycles. The number of piperidine rings is 1. The van der Waals surface area contributed by atoms with E-state index in [-0.39, 0.29) is 18.1 Å². The van der Waals surface area contributed by atoms with Crippen molar-refractivity contribution in [2.24, 2.45) is 0 Å². The largest absolute Gasteiger partial charge is 0.457 e. The number of hydrogen-bond donors (Lipinski definition) is 1. The Hall–Kier alpha value is -1.35. The highest BCUT2D eigenvalue weighted by atomic mass is 16.5. The van der Waals surface area contributed by atoms with Crippen LogP contribution < -0.4 is 5.32 Å². The van der Waals surface area contributed by atoms with Crippen LogP contribution in [0.1, 0.15) is 37.9 Å². The molecule has 1 aliphatic rings. The summed E-state index contributed by atoms with van der Waals surface area (Å²) in [6.45, 7) is 2.83. The second-order valence-corrected chi connectivity index (χ2v) is 4.49. The zero-order chi connectivity index (χ0) is 12.1. The monoisotopic (exact) mass is 233 g/mol. The first-order valence-corrected chi connectivity index (χ1v) is 6.26. The van der Waals surface area contributed by atoms with E-state index in [0.717, 1.165) is 31.4 Å². The van der Waals surface area contributed by atoms with Crippen molar-refractivity contribution in [1.29, 1.82) is 0 Å². The zero-order valence-corrected chi connectivity index (χ0v) is 10.2. The lowest BCUT2D eigenvalue weighted by atomic mass is 10.1. The van der Waals surface area contributed by atoms with E-state index < -0.39 is 0 Å². The molecule has 2 atom stereocenters. The molecule has 1 saturated heterocycles. The lowest BCUT2D eigenvalue weighted by Crippen LogP contribution is -2.41. The van der Waals surface area contributed by atoms with Crippen LogP contribution in [-0.4, -0.2) is 18.6 Å². The van der Waals surface area contributed by atoms with Gasteiger partial charge in [0, 0.05) is 0 Å². The van der Waals surface area contributed by atoms with Crippen molar-refractivity contribution in [1.82, 2.24) is 5.32 Å². The number of benzene rings is 1. The topological polar surface area (TPSA) is 38.3 Å². The minimum absolute atomic E-state index is 0.116. The molecule has 3 heteroatoms. The Labute approximate surface area is 102 Å². The fourth-order valence-corrected chi connectivity index (χ4v) is 2.10. The molecule has 1 aliphatic heterocycles. The van der Waals surface area contributed by atoms with Crippen LogP contribution >= 0.6 is 0 Å². The summed E-state index contributed by atoms with van der Waals surface area (Å²) in [6.07, 6.45) is 2.97. The van der Waals surface area contributed by atoms with Gasteiger partial charge < -0.3 is 10.1 Å². The lowest BCUT2D eigenvalue weighted by Gasteiger charge is -2.23. The number of hydrogen-bond acceptors (Lipinski definition) is 3. The van der Waals surface area contributed by atoms with Crippen molar-refractivity contribution in [3.63, 3.8) is 0 Å². The Morgan fingerprint density at radius 2 is 2.12 bits per heavy atom. The number of carbonyl (C=O) groups excluding carboxylic acids is 1. The standard InChI is InChI=1S/C14H19NO2/c1-11(12-7-3-2-4-8-12)17-14(16)13-9-5-6-10-15-13/h2-4,7-8,11,13,15H,5-6,9-10H2,1H3. The average molecular weight is 233 g/mol. The van der Waals surface area contributed by atoms with Gasteiger partial charge in [0.15, 0.2) is 0 Å². The first kappa shape index (κ1) is 12.1. The van der Waals surface area contributed by atoms with Gasteiger partial charge in [-0.2, -0.15) is 0 Å². The Morgan fingerprint density at radius 1 is 1.35 bits per heavy atom. The Morgan fingerprint density at radius 3 is 2.76 bits per heavy atom. The first-order valence-electron chi connectivity index (χ1n) is 6.26. The van der Waals surface area contributed by atoms with Crippen LogP contribution in [-0.2, 0) is 9.53 Å². The van der Waals surface area contributed by atoms with Gasteiger partial charge in [0.05, 0.1) is 0 Å². The molecule has 0 amide bonds. The molecule has 1 N–H and O–H groups in total. The van der Waals surface area contributed by atoms with Crippen LogP contribution in [0.4, 0.5) is 0 Å². The summed E-state index contributed by atoms with van der Waals surface area (Å²) >= 11 is 0. The molecular formula is C14H19NO2. The van der Waals surface area contributed by atoms with Crippen molar-refractivity contribution in [2.45, 2.75) is 38.3 Å². The van der Waals surface area contributed by atoms with Crippen molar-refractivity contribution in [2.75, 3.05) is 6.54 Å². The maximum absolute atomic E-state index is 11.9. The molecule has 0 bridgehead atoms. The second-order valence-electron chi connectivity index (χ2n) is 4.49. The van der Waals surface area contributed by atoms with Gasteiger partial charge in [-0.25, -0.2) is 0 Å². The Kier molecular flexibility index (Phi) is 4.15. The fraction of sp³-hybridized carbons (Fsp3) is 0.500. The Balaban J connectivity index is 1.89. The lowest BCUT2D eigenvalue weighted by molar-refractivity contribution is -0.151. The van der Waals surface area contributed by atoms with E-state index in [4.69, 9.17) is 4.74 Å². The molecule has 1 fully saturated rings. The highest BCUT2D eigenvalue weighted by Gasteiger charge is 2.23. The molecular weight excluding hydrogens is 214 g/mol. The zero-order valence-electron chi connectivity index (χ0n) is 10.2. The molecule has 1 heterocycles. The summed E-state index contributed by atoms with van der Waals surface area (Å²) in [6, 6.07) is 9.71. The van der Waals surface area contributed by atoms with Crippen LogP contribution in [0.25, 0.3) is 0 Å². The predicted molar refractivity (Wildman–Crippen MR) is 66.6 cm³/mol. The minimum Gasteiger partial charge on any atom is -0.457 e. The van der Waals surface area contributed by atoms with E-state index >= 15 is 0 Å². The maximum Gasteiger partial charge on any atom is 0.323 e. The van der Waals surface area contributed by atoms with Crippen LogP contribution in [0.5, 0.6) is 0 Å². The summed E-state index contributed by atoms with van der Waals surface area (Å²) < 4.78 is 5.47. The van der Waals surface area contributed by atoms with Gasteiger partial charge in [-0.3, -0.25) is 4.79 Å². The third kappa shape index (κ3) is 3.30. The van der Waals surface area contributed by atoms with Crippen LogP contribution in [0.2, 0.25) is 0 Å². The molecule has 0 saturated carbocycles. The van der Waals surface area contributed by atoms with E-state index in [1.54, 1.807) is 0 Å². The van der Waals surface area contributed by atoms with Crippen molar-refractivity contribution in [3.8, 4) is 0 Å². The van der Waals surface area contributed by atoms with Gasteiger partial charge in [0.1, 0.15) is 12.1 Å². The number of rotatable bonds is 3. The van der Waals surface area contributed by atoms with E-state index in [2.05, 4.69) is 5.32 Å². The number of esters is 1. The normalized spacial score (nSPS) is 21.8. The van der Waals surface area contributed by atoms with E-state index in [1.165, 1.54) is 0 Å². The molecule has 17 heavy (non-hydrogen) atoms. The summed E-state index contributed by atoms with van der Waals surface area (Å²) in [5.74, 6) is -0.124. The average Bonchev–Trinajstić information content (AvgIpc) is 2.40. The summed E-state index contributed by atoms with van der Waals surface area (Å²) in [7, 11) is 0. The molecule has 0 spiro atoms. The molecule has 2 unspecified atom stereocenters. The first-order chi connectivity index (χ1) is 8.27. The summed E-state index contributed by atoms with van der Waals surface area (Å²) in [4.78, 5) is 11.9. The number of ether oxygens (including phenoxy) is 1. The van der Waals surface area contributed by atoms with Gasteiger partial charge in [0.25, 0.3) is 0 Å². The van der Waals surface area contributed by atoms with E-state index in [9.17, 15) is 4.79 Å². The van der Waals surface area contributed by atoms with Crippen LogP contribution in [0.15, 0.2) is 30.3 Å². The highest BCUT2D eigenvalue weighted by Crippen LogP contribution is 2.18. The third-order valence-electron chi connectivity index (χ3n) is 3.16. The quantitative estimate of drug-likeness (QED) is 0.815. The van der Waals surface area contributed by atoms with E-state index in [0.29, 0.717) is 0 Å². The molecule has 92 valence electrons. The molecule has 2 rings (SSSR count). The van der Waals surface area contributed by atoms with Crippen LogP contribution in [0, 0.1) is 0 Å². The maximum atomic E-state index is 11.9. The van der Waals surface area contributed by atoms with Gasteiger partial charge in [0.2, 0.25) is 0 Å². The predicted octanol–water partition coefficient (Wildman–Crippen LogP) is 2.43. The molecule has 0 aromatic heterocycles. The fourth-order valence-electron chi connectivity index (χ4n) is 2.10. The van der Waals surface area contributed by atoms with Gasteiger partial charge in [-0.15, -0.1) is 0 Å². The van der Waals surface area contributed by atoms with Crippen LogP contribution in [0.3, 0.4) is 0 Å². The minimum atomic E-state index is -0.174. The number of carbonyl (C=O) groups is 1. The molecule has 0 radical (unpaired) electrons. The smallest absolute Gasteiger partial charge is 0.323 e. The third-order valence-corrected chi connectivity index (χ3v) is 3.16. The van der Waals surface area contributed by atoms with Gasteiger partial charge >= 0.3 is 5.97 Å². The molecule has 3 nitrogen and oxygen atoms in total. The molecule has 1 aromatic rings. The second kappa shape index (κ2) is 5.82. The molecule has 1 aromatic carbocycles. The van der Waals surface area contributed by atoms with E-state index in [1.807, 2.05) is 37.3 Å². The van der Waals surface area contributed by atoms with Crippen molar-refractivity contribution in [3.05, 3.63) is 35.9 Å². The number of nitrogens with one attached hydrogen (secondary N) is 1. The summed E-state index contributed by atoms with van der Waals surface area (Å²) in [5, 5.41) is 3.20. The van der Waals surface area contributed by atoms with Gasteiger partial charge in [-0.1, -0.05) is 36.8 Å². The summed E-state index contributed by atoms with van der Waals surface area (Å²) in [5.41, 5.74) is 1.04. The van der Waals surface area contributed by atoms with Crippen molar-refractivity contribution >= 4 is 5.97 Å². The Bertz CT molecular complexity index is 358. The van der Waals surface area contributed by atoms with Crippen molar-refractivity contribution < 1.29 is 9.53 Å². The SMILES string of the molecule is CC(OC(=O)C1CCCCN1)c1ccccc1. The highest BCUT2D eigenvalue weighted by molar-refractivity contribution is 5.76.